The van der Waals surface area contributed by atoms with Gasteiger partial charge >= 0.3 is 0 Å². The fourth-order valence-corrected chi connectivity index (χ4v) is 12.0. The third-order valence-corrected chi connectivity index (χ3v) is 15.4. The first-order valence-electron chi connectivity index (χ1n) is 28.2. The highest BCUT2D eigenvalue weighted by Crippen LogP contribution is 2.45. The lowest BCUT2D eigenvalue weighted by molar-refractivity contribution is 0.670. The fourth-order valence-electron chi connectivity index (χ4n) is 10.8. The monoisotopic (exact) mass is 981 g/mol. The Balaban J connectivity index is 0.955. The van der Waals surface area contributed by atoms with E-state index in [0.29, 0.717) is 22.9 Å². The normalized spacial score (nSPS) is 13.0. The molecule has 0 atom stereocenters. The Morgan fingerprint density at radius 1 is 0.373 bits per heavy atom. The molecule has 0 fully saturated rings. The molecule has 4 aromatic heterocycles. The Labute approximate surface area is 445 Å². The lowest BCUT2D eigenvalue weighted by Crippen LogP contribution is -2.05. The third kappa shape index (κ3) is 7.10. The maximum atomic E-state index is 9.36. The Bertz CT molecular complexity index is 5100. The predicted molar refractivity (Wildman–Crippen MR) is 312 cm³/mol. The molecule has 0 radical (unpaired) electrons. The highest BCUT2D eigenvalue weighted by atomic mass is 32.1. The van der Waals surface area contributed by atoms with Crippen LogP contribution in [-0.2, 0) is 0 Å². The summed E-state index contributed by atoms with van der Waals surface area (Å²) in [6.45, 7) is 0. The van der Waals surface area contributed by atoms with Crippen LogP contribution in [0.2, 0.25) is 0 Å². The van der Waals surface area contributed by atoms with Crippen LogP contribution in [0.15, 0.2) is 259 Å². The number of benzene rings is 11. The second-order valence-electron chi connectivity index (χ2n) is 18.5. The van der Waals surface area contributed by atoms with Crippen LogP contribution < -0.4 is 0 Å². The first-order valence-corrected chi connectivity index (χ1v) is 25.5. The predicted octanol–water partition coefficient (Wildman–Crippen LogP) is 18.9. The third-order valence-electron chi connectivity index (χ3n) is 14.2. The van der Waals surface area contributed by atoms with Gasteiger partial charge < -0.3 is 8.98 Å². The highest BCUT2D eigenvalue weighted by molar-refractivity contribution is 7.26. The van der Waals surface area contributed by atoms with Crippen molar-refractivity contribution in [2.24, 2.45) is 0 Å². The van der Waals surface area contributed by atoms with Crippen molar-refractivity contribution < 1.29 is 14.0 Å². The highest BCUT2D eigenvalue weighted by Gasteiger charge is 2.23. The second-order valence-corrected chi connectivity index (χ2v) is 19.5. The van der Waals surface area contributed by atoms with Crippen molar-refractivity contribution in [3.63, 3.8) is 0 Å². The number of hydrogen-bond donors (Lipinski definition) is 0. The number of furan rings is 1. The van der Waals surface area contributed by atoms with Gasteiger partial charge in [-0.2, -0.15) is 0 Å². The van der Waals surface area contributed by atoms with Crippen LogP contribution in [0, 0.1) is 0 Å². The summed E-state index contributed by atoms with van der Waals surface area (Å²) in [5.41, 5.74) is 12.1. The van der Waals surface area contributed by atoms with Gasteiger partial charge in [-0.15, -0.1) is 11.3 Å². The zero-order valence-corrected chi connectivity index (χ0v) is 40.6. The number of rotatable bonds is 8. The molecule has 0 amide bonds. The number of hydrogen-bond acceptors (Lipinski definition) is 5. The van der Waals surface area contributed by atoms with Gasteiger partial charge in [0, 0.05) is 64.0 Å². The SMILES string of the molecule is [2H]c1cc([2H])c2c(c1[2H])c1c([2H])c([2H])c([2H])c([2H])c1n2-c1ccccc1-c1nc(-c2cccc(-c3cccc4c3sc3ccc(-c5cccc6c5oc5ccccc56)cc34)c2)nc(-c2c(-c3ccccc3)cccc2-c2ccccc2)n1. The van der Waals surface area contributed by atoms with Crippen LogP contribution in [0.1, 0.15) is 9.60 Å². The summed E-state index contributed by atoms with van der Waals surface area (Å²) in [6, 6.07) is 68.7. The van der Waals surface area contributed by atoms with Gasteiger partial charge in [0.15, 0.2) is 17.5 Å². The topological polar surface area (TPSA) is 56.7 Å². The fraction of sp³-hybridized carbons (Fsp3) is 0. The van der Waals surface area contributed by atoms with E-state index in [-0.39, 0.29) is 57.8 Å². The van der Waals surface area contributed by atoms with Gasteiger partial charge in [0.25, 0.3) is 0 Å². The number of aromatic nitrogens is 4. The summed E-state index contributed by atoms with van der Waals surface area (Å²) in [4.78, 5) is 16.2. The van der Waals surface area contributed by atoms with Crippen molar-refractivity contribution >= 4 is 75.3 Å². The number of thiophene rings is 1. The number of fused-ring (bicyclic) bond motifs is 9. The molecule has 11 aromatic carbocycles. The Morgan fingerprint density at radius 3 is 1.80 bits per heavy atom. The molecule has 5 nitrogen and oxygen atoms in total. The molecule has 0 unspecified atom stereocenters. The Morgan fingerprint density at radius 2 is 0.960 bits per heavy atom. The van der Waals surface area contributed by atoms with E-state index in [1.165, 1.54) is 6.07 Å². The minimum Gasteiger partial charge on any atom is -0.455 e. The zero-order chi connectivity index (χ0) is 55.5. The van der Waals surface area contributed by atoms with Crippen LogP contribution in [0.3, 0.4) is 0 Å². The molecule has 0 spiro atoms. The van der Waals surface area contributed by atoms with E-state index in [2.05, 4.69) is 109 Å². The number of para-hydroxylation sites is 5. The quantitative estimate of drug-likeness (QED) is 0.152. The van der Waals surface area contributed by atoms with Crippen LogP contribution in [0.25, 0.3) is 148 Å². The van der Waals surface area contributed by atoms with Gasteiger partial charge in [0.1, 0.15) is 11.2 Å². The molecule has 0 N–H and O–H groups in total. The molecule has 0 saturated heterocycles. The lowest BCUT2D eigenvalue weighted by Gasteiger charge is -2.18. The van der Waals surface area contributed by atoms with Crippen LogP contribution in [0.5, 0.6) is 0 Å². The van der Waals surface area contributed by atoms with E-state index in [1.54, 1.807) is 22.0 Å². The second kappa shape index (κ2) is 17.5. The molecule has 350 valence electrons. The molecule has 75 heavy (non-hydrogen) atoms. The van der Waals surface area contributed by atoms with Gasteiger partial charge in [-0.1, -0.05) is 206 Å². The molecule has 0 aliphatic heterocycles. The zero-order valence-electron chi connectivity index (χ0n) is 46.8. The Hall–Kier alpha value is -9.75. The largest absolute Gasteiger partial charge is 0.455 e. The maximum Gasteiger partial charge on any atom is 0.166 e. The maximum absolute atomic E-state index is 9.36. The van der Waals surface area contributed by atoms with E-state index < -0.39 is 12.1 Å². The first-order chi connectivity index (χ1) is 40.1. The summed E-state index contributed by atoms with van der Waals surface area (Å²) in [5.74, 6) is 1.02. The molecule has 0 aliphatic carbocycles. The molecule has 6 heteroatoms. The number of nitrogens with zero attached hydrogens (tertiary/aromatic N) is 4. The summed E-state index contributed by atoms with van der Waals surface area (Å²) in [7, 11) is 0. The van der Waals surface area contributed by atoms with Crippen molar-refractivity contribution in [1.82, 2.24) is 19.5 Å². The lowest BCUT2D eigenvalue weighted by atomic mass is 9.91. The Kier molecular flexibility index (Phi) is 8.44. The molecule has 0 bridgehead atoms. The molecular weight excluding hydrogens is 933 g/mol. The molecule has 0 saturated carbocycles. The van der Waals surface area contributed by atoms with E-state index in [9.17, 15) is 2.74 Å². The van der Waals surface area contributed by atoms with Gasteiger partial charge in [-0.05, 0) is 87.4 Å². The molecular formula is C69H42N4OS. The molecule has 15 aromatic rings. The average Bonchev–Trinajstić information content (AvgIpc) is 3.14. The van der Waals surface area contributed by atoms with Crippen molar-refractivity contribution in [3.8, 4) is 84.4 Å². The average molecular weight is 982 g/mol. The van der Waals surface area contributed by atoms with Gasteiger partial charge in [0.2, 0.25) is 0 Å². The van der Waals surface area contributed by atoms with E-state index in [4.69, 9.17) is 26.2 Å². The smallest absolute Gasteiger partial charge is 0.166 e. The van der Waals surface area contributed by atoms with Crippen LogP contribution >= 0.6 is 11.3 Å². The van der Waals surface area contributed by atoms with Crippen LogP contribution in [-0.4, -0.2) is 19.5 Å². The van der Waals surface area contributed by atoms with Crippen LogP contribution in [0.4, 0.5) is 0 Å². The molecule has 4 heterocycles. The van der Waals surface area contributed by atoms with E-state index in [1.807, 2.05) is 91.0 Å². The van der Waals surface area contributed by atoms with Crippen molar-refractivity contribution in [3.05, 3.63) is 255 Å². The van der Waals surface area contributed by atoms with E-state index in [0.717, 1.165) is 97.7 Å². The molecule has 0 aliphatic rings. The summed E-state index contributed by atoms with van der Waals surface area (Å²) in [6.07, 6.45) is 0. The summed E-state index contributed by atoms with van der Waals surface area (Å²) in [5, 5.41) is 4.60. The summed E-state index contributed by atoms with van der Waals surface area (Å²) < 4.78 is 73.6. The van der Waals surface area contributed by atoms with Crippen molar-refractivity contribution in [2.75, 3.05) is 0 Å². The van der Waals surface area contributed by atoms with Crippen molar-refractivity contribution in [1.29, 1.82) is 0 Å². The van der Waals surface area contributed by atoms with Crippen molar-refractivity contribution in [2.45, 2.75) is 0 Å². The van der Waals surface area contributed by atoms with Gasteiger partial charge in [-0.3, -0.25) is 0 Å². The summed E-state index contributed by atoms with van der Waals surface area (Å²) >= 11 is 1.75. The van der Waals surface area contributed by atoms with Gasteiger partial charge in [-0.25, -0.2) is 15.0 Å². The minimum absolute atomic E-state index is 0.0518. The molecule has 15 rings (SSSR count). The first kappa shape index (κ1) is 36.2. The minimum atomic E-state index is -0.475. The standard InChI is InChI=1S/C69H42N4OS/c1-3-19-43(20-4-1)48-29-16-30-49(44-21-5-2-6-22-44)64(48)69-71-67(70-68(72-69)57-28-9-13-37-61(57)73-59-35-11-7-25-52(59)53-26-8-12-36-60(53)73)47-24-15-23-45(41-47)51-32-18-34-56-58-42-46(39-40-63(58)75-66(51)56)50-31-17-33-55-54-27-10-14-38-62(54)74-65(50)55/h1-42H/i7D,8D,11D,25D,26D,35D,36D. The van der Waals surface area contributed by atoms with E-state index >= 15 is 0 Å². The van der Waals surface area contributed by atoms with Gasteiger partial charge in [0.05, 0.1) is 26.3 Å².